The third-order valence-corrected chi connectivity index (χ3v) is 2.13. The number of esters is 1. The van der Waals surface area contributed by atoms with Crippen molar-refractivity contribution in [3.63, 3.8) is 0 Å². The van der Waals surface area contributed by atoms with Crippen molar-refractivity contribution in [2.45, 2.75) is 20.3 Å². The Balaban J connectivity index is 2.54. The second-order valence-electron chi connectivity index (χ2n) is 3.66. The summed E-state index contributed by atoms with van der Waals surface area (Å²) in [5, 5.41) is 0. The summed E-state index contributed by atoms with van der Waals surface area (Å²) in [6.45, 7) is 7.97. The summed E-state index contributed by atoms with van der Waals surface area (Å²) in [6, 6.07) is 7.41. The monoisotopic (exact) mass is 204 g/mol. The SMILES string of the molecule is C=C(C)CCOC(=O)c1ccccc1C. The zero-order valence-corrected chi connectivity index (χ0v) is 9.25. The van der Waals surface area contributed by atoms with Crippen LogP contribution in [-0.2, 0) is 4.74 Å². The Morgan fingerprint density at radius 2 is 2.07 bits per heavy atom. The Labute approximate surface area is 90.6 Å². The Morgan fingerprint density at radius 3 is 2.67 bits per heavy atom. The van der Waals surface area contributed by atoms with Crippen LogP contribution in [0.2, 0.25) is 0 Å². The number of hydrogen-bond acceptors (Lipinski definition) is 2. The molecular weight excluding hydrogens is 188 g/mol. The first-order chi connectivity index (χ1) is 7.11. The van der Waals surface area contributed by atoms with E-state index in [0.29, 0.717) is 12.2 Å². The van der Waals surface area contributed by atoms with E-state index >= 15 is 0 Å². The van der Waals surface area contributed by atoms with E-state index in [0.717, 1.165) is 17.6 Å². The number of rotatable bonds is 4. The van der Waals surface area contributed by atoms with Gasteiger partial charge in [0.2, 0.25) is 0 Å². The number of hydrogen-bond donors (Lipinski definition) is 0. The molecule has 0 atom stereocenters. The van der Waals surface area contributed by atoms with Crippen LogP contribution in [0.3, 0.4) is 0 Å². The fourth-order valence-corrected chi connectivity index (χ4v) is 1.20. The molecule has 1 aromatic carbocycles. The van der Waals surface area contributed by atoms with Gasteiger partial charge in [0.25, 0.3) is 0 Å². The summed E-state index contributed by atoms with van der Waals surface area (Å²) in [6.07, 6.45) is 0.720. The molecule has 0 saturated heterocycles. The van der Waals surface area contributed by atoms with E-state index in [1.165, 1.54) is 0 Å². The lowest BCUT2D eigenvalue weighted by Crippen LogP contribution is -2.08. The van der Waals surface area contributed by atoms with Crippen molar-refractivity contribution < 1.29 is 9.53 Å². The average molecular weight is 204 g/mol. The van der Waals surface area contributed by atoms with Gasteiger partial charge in [0, 0.05) is 6.42 Å². The van der Waals surface area contributed by atoms with Gasteiger partial charge in [-0.3, -0.25) is 0 Å². The summed E-state index contributed by atoms with van der Waals surface area (Å²) in [4.78, 5) is 11.6. The molecule has 0 saturated carbocycles. The molecule has 0 amide bonds. The first-order valence-electron chi connectivity index (χ1n) is 4.98. The third kappa shape index (κ3) is 3.58. The molecular formula is C13H16O2. The van der Waals surface area contributed by atoms with Gasteiger partial charge in [-0.15, -0.1) is 6.58 Å². The van der Waals surface area contributed by atoms with Crippen LogP contribution < -0.4 is 0 Å². The minimum atomic E-state index is -0.255. The topological polar surface area (TPSA) is 26.3 Å². The fraction of sp³-hybridized carbons (Fsp3) is 0.308. The van der Waals surface area contributed by atoms with Crippen molar-refractivity contribution >= 4 is 5.97 Å². The van der Waals surface area contributed by atoms with Crippen LogP contribution in [0, 0.1) is 6.92 Å². The van der Waals surface area contributed by atoms with Gasteiger partial charge in [-0.05, 0) is 25.5 Å². The molecule has 0 radical (unpaired) electrons. The number of aryl methyl sites for hydroxylation is 1. The van der Waals surface area contributed by atoms with Gasteiger partial charge in [-0.2, -0.15) is 0 Å². The van der Waals surface area contributed by atoms with E-state index in [2.05, 4.69) is 6.58 Å². The quantitative estimate of drug-likeness (QED) is 0.556. The second kappa shape index (κ2) is 5.35. The molecule has 0 aliphatic heterocycles. The molecule has 0 unspecified atom stereocenters. The molecule has 0 heterocycles. The van der Waals surface area contributed by atoms with E-state index < -0.39 is 0 Å². The normalized spacial score (nSPS) is 9.73. The van der Waals surface area contributed by atoms with Gasteiger partial charge in [0.15, 0.2) is 0 Å². The zero-order valence-electron chi connectivity index (χ0n) is 9.25. The smallest absolute Gasteiger partial charge is 0.338 e. The number of carbonyl (C=O) groups is 1. The van der Waals surface area contributed by atoms with E-state index in [1.807, 2.05) is 32.0 Å². The molecule has 0 spiro atoms. The summed E-state index contributed by atoms with van der Waals surface area (Å²) < 4.78 is 5.12. The first kappa shape index (κ1) is 11.5. The van der Waals surface area contributed by atoms with E-state index in [9.17, 15) is 4.79 Å². The van der Waals surface area contributed by atoms with E-state index in [1.54, 1.807) is 6.07 Å². The lowest BCUT2D eigenvalue weighted by Gasteiger charge is -2.06. The Bertz CT molecular complexity index is 367. The molecule has 15 heavy (non-hydrogen) atoms. The number of benzene rings is 1. The Hall–Kier alpha value is -1.57. The fourth-order valence-electron chi connectivity index (χ4n) is 1.20. The van der Waals surface area contributed by atoms with Crippen LogP contribution in [0.25, 0.3) is 0 Å². The molecule has 0 aromatic heterocycles. The standard InChI is InChI=1S/C13H16O2/c1-10(2)8-9-15-13(14)12-7-5-4-6-11(12)3/h4-7H,1,8-9H2,2-3H3. The van der Waals surface area contributed by atoms with Crippen molar-refractivity contribution in [3.05, 3.63) is 47.5 Å². The van der Waals surface area contributed by atoms with Gasteiger partial charge >= 0.3 is 5.97 Å². The van der Waals surface area contributed by atoms with Crippen molar-refractivity contribution in [1.82, 2.24) is 0 Å². The maximum absolute atomic E-state index is 11.6. The summed E-state index contributed by atoms with van der Waals surface area (Å²) >= 11 is 0. The summed E-state index contributed by atoms with van der Waals surface area (Å²) in [7, 11) is 0. The van der Waals surface area contributed by atoms with Gasteiger partial charge in [0.05, 0.1) is 12.2 Å². The van der Waals surface area contributed by atoms with Gasteiger partial charge in [0.1, 0.15) is 0 Å². The van der Waals surface area contributed by atoms with Crippen LogP contribution in [0.4, 0.5) is 0 Å². The lowest BCUT2D eigenvalue weighted by atomic mass is 10.1. The minimum Gasteiger partial charge on any atom is -0.462 e. The van der Waals surface area contributed by atoms with Crippen LogP contribution in [-0.4, -0.2) is 12.6 Å². The van der Waals surface area contributed by atoms with E-state index in [-0.39, 0.29) is 5.97 Å². The van der Waals surface area contributed by atoms with Crippen LogP contribution in [0.15, 0.2) is 36.4 Å². The molecule has 0 aliphatic carbocycles. The predicted molar refractivity (Wildman–Crippen MR) is 60.9 cm³/mol. The maximum Gasteiger partial charge on any atom is 0.338 e. The highest BCUT2D eigenvalue weighted by atomic mass is 16.5. The van der Waals surface area contributed by atoms with Crippen molar-refractivity contribution in [3.8, 4) is 0 Å². The molecule has 0 N–H and O–H groups in total. The molecule has 2 nitrogen and oxygen atoms in total. The number of carbonyl (C=O) groups excluding carboxylic acids is 1. The summed E-state index contributed by atoms with van der Waals surface area (Å²) in [5.74, 6) is -0.255. The third-order valence-electron chi connectivity index (χ3n) is 2.13. The molecule has 0 bridgehead atoms. The maximum atomic E-state index is 11.6. The summed E-state index contributed by atoms with van der Waals surface area (Å²) in [5.41, 5.74) is 2.60. The highest BCUT2D eigenvalue weighted by Crippen LogP contribution is 2.09. The van der Waals surface area contributed by atoms with Crippen molar-refractivity contribution in [2.75, 3.05) is 6.61 Å². The van der Waals surface area contributed by atoms with Crippen molar-refractivity contribution in [2.24, 2.45) is 0 Å². The van der Waals surface area contributed by atoms with Gasteiger partial charge in [-0.1, -0.05) is 23.8 Å². The highest BCUT2D eigenvalue weighted by molar-refractivity contribution is 5.90. The molecule has 1 aromatic rings. The molecule has 80 valence electrons. The predicted octanol–water partition coefficient (Wildman–Crippen LogP) is 3.12. The van der Waals surface area contributed by atoms with Crippen LogP contribution in [0.1, 0.15) is 29.3 Å². The van der Waals surface area contributed by atoms with Gasteiger partial charge in [-0.25, -0.2) is 4.79 Å². The van der Waals surface area contributed by atoms with E-state index in [4.69, 9.17) is 4.74 Å². The van der Waals surface area contributed by atoms with Gasteiger partial charge < -0.3 is 4.74 Å². The highest BCUT2D eigenvalue weighted by Gasteiger charge is 2.08. The minimum absolute atomic E-state index is 0.255. The largest absolute Gasteiger partial charge is 0.462 e. The Morgan fingerprint density at radius 1 is 1.40 bits per heavy atom. The molecule has 1 rings (SSSR count). The van der Waals surface area contributed by atoms with Crippen LogP contribution in [0.5, 0.6) is 0 Å². The lowest BCUT2D eigenvalue weighted by molar-refractivity contribution is 0.0508. The average Bonchev–Trinajstić information content (AvgIpc) is 2.17. The Kier molecular flexibility index (Phi) is 4.10. The molecule has 2 heteroatoms. The van der Waals surface area contributed by atoms with Crippen LogP contribution >= 0.6 is 0 Å². The molecule has 0 aliphatic rings. The number of ether oxygens (including phenoxy) is 1. The van der Waals surface area contributed by atoms with Crippen molar-refractivity contribution in [1.29, 1.82) is 0 Å². The molecule has 0 fully saturated rings. The zero-order chi connectivity index (χ0) is 11.3. The second-order valence-corrected chi connectivity index (χ2v) is 3.66. The first-order valence-corrected chi connectivity index (χ1v) is 4.98.